The molecular formula is C13H17NO. The molecule has 2 heterocycles. The molecule has 0 fully saturated rings. The fourth-order valence-corrected chi connectivity index (χ4v) is 1.75. The van der Waals surface area contributed by atoms with Gasteiger partial charge >= 0.3 is 0 Å². The molecule has 0 spiro atoms. The molecule has 0 unspecified atom stereocenters. The van der Waals surface area contributed by atoms with Crippen LogP contribution in [0.3, 0.4) is 0 Å². The lowest BCUT2D eigenvalue weighted by Gasteiger charge is -2.03. The summed E-state index contributed by atoms with van der Waals surface area (Å²) in [4.78, 5) is 4.47. The first-order chi connectivity index (χ1) is 7.00. The summed E-state index contributed by atoms with van der Waals surface area (Å²) in [7, 11) is 0. The van der Waals surface area contributed by atoms with Crippen molar-refractivity contribution >= 4 is 11.1 Å². The highest BCUT2D eigenvalue weighted by Crippen LogP contribution is 2.28. The van der Waals surface area contributed by atoms with Gasteiger partial charge in [-0.1, -0.05) is 13.8 Å². The Morgan fingerprint density at radius 2 is 1.80 bits per heavy atom. The van der Waals surface area contributed by atoms with Crippen molar-refractivity contribution in [3.8, 4) is 0 Å². The normalized spacial score (nSPS) is 11.6. The first-order valence-corrected chi connectivity index (χ1v) is 5.38. The Hall–Kier alpha value is -1.31. The number of hydrogen-bond acceptors (Lipinski definition) is 2. The van der Waals surface area contributed by atoms with Crippen LogP contribution in [0.1, 0.15) is 42.3 Å². The first kappa shape index (κ1) is 10.2. The quantitative estimate of drug-likeness (QED) is 0.703. The van der Waals surface area contributed by atoms with Gasteiger partial charge < -0.3 is 4.42 Å². The summed E-state index contributed by atoms with van der Waals surface area (Å²) in [6.07, 6.45) is 0. The lowest BCUT2D eigenvalue weighted by atomic mass is 10.1. The van der Waals surface area contributed by atoms with E-state index >= 15 is 0 Å². The Balaban J connectivity index is 2.76. The number of rotatable bonds is 1. The van der Waals surface area contributed by atoms with Crippen LogP contribution in [0.15, 0.2) is 10.5 Å². The number of aryl methyl sites for hydroxylation is 2. The molecule has 0 aromatic carbocycles. The molecule has 2 nitrogen and oxygen atoms in total. The predicted octanol–water partition coefficient (Wildman–Crippen LogP) is 3.88. The SMILES string of the molecule is Cc1nc2oc(C(C)C)cc2c(C)c1C. The van der Waals surface area contributed by atoms with Crippen LogP contribution in [0.25, 0.3) is 11.1 Å². The second kappa shape index (κ2) is 3.37. The van der Waals surface area contributed by atoms with Crippen molar-refractivity contribution in [2.45, 2.75) is 40.5 Å². The van der Waals surface area contributed by atoms with Crippen LogP contribution in [-0.2, 0) is 0 Å². The van der Waals surface area contributed by atoms with Gasteiger partial charge in [0, 0.05) is 17.0 Å². The van der Waals surface area contributed by atoms with Gasteiger partial charge in [0.05, 0.1) is 0 Å². The van der Waals surface area contributed by atoms with Gasteiger partial charge in [-0.3, -0.25) is 0 Å². The highest BCUT2D eigenvalue weighted by molar-refractivity contribution is 5.79. The minimum Gasteiger partial charge on any atom is -0.442 e. The lowest BCUT2D eigenvalue weighted by molar-refractivity contribution is 0.513. The number of aromatic nitrogens is 1. The molecule has 0 bridgehead atoms. The number of fused-ring (bicyclic) bond motifs is 1. The third-order valence-electron chi connectivity index (χ3n) is 3.08. The summed E-state index contributed by atoms with van der Waals surface area (Å²) in [5, 5.41) is 1.15. The van der Waals surface area contributed by atoms with E-state index in [1.54, 1.807) is 0 Å². The van der Waals surface area contributed by atoms with E-state index in [-0.39, 0.29) is 0 Å². The van der Waals surface area contributed by atoms with Crippen LogP contribution in [-0.4, -0.2) is 4.98 Å². The van der Waals surface area contributed by atoms with E-state index in [0.29, 0.717) is 5.92 Å². The van der Waals surface area contributed by atoms with Gasteiger partial charge in [0.2, 0.25) is 5.71 Å². The smallest absolute Gasteiger partial charge is 0.226 e. The Morgan fingerprint density at radius 1 is 1.13 bits per heavy atom. The maximum atomic E-state index is 5.74. The van der Waals surface area contributed by atoms with Gasteiger partial charge in [-0.2, -0.15) is 0 Å². The summed E-state index contributed by atoms with van der Waals surface area (Å²) in [5.74, 6) is 1.44. The largest absolute Gasteiger partial charge is 0.442 e. The van der Waals surface area contributed by atoms with Crippen molar-refractivity contribution in [3.05, 3.63) is 28.6 Å². The highest BCUT2D eigenvalue weighted by Gasteiger charge is 2.12. The molecule has 0 atom stereocenters. The molecule has 0 aliphatic rings. The summed E-state index contributed by atoms with van der Waals surface area (Å²) in [5.41, 5.74) is 4.38. The molecule has 0 aliphatic carbocycles. The molecule has 0 N–H and O–H groups in total. The summed E-state index contributed by atoms with van der Waals surface area (Å²) in [6, 6.07) is 2.12. The van der Waals surface area contributed by atoms with Gasteiger partial charge in [-0.15, -0.1) is 0 Å². The molecule has 0 saturated carbocycles. The Labute approximate surface area is 90.3 Å². The zero-order valence-electron chi connectivity index (χ0n) is 10.0. The van der Waals surface area contributed by atoms with Crippen molar-refractivity contribution in [2.24, 2.45) is 0 Å². The minimum absolute atomic E-state index is 0.416. The van der Waals surface area contributed by atoms with E-state index in [9.17, 15) is 0 Å². The predicted molar refractivity (Wildman–Crippen MR) is 62.3 cm³/mol. The molecule has 2 aromatic rings. The minimum atomic E-state index is 0.416. The molecule has 2 aromatic heterocycles. The molecule has 15 heavy (non-hydrogen) atoms. The third-order valence-corrected chi connectivity index (χ3v) is 3.08. The monoisotopic (exact) mass is 203 g/mol. The third kappa shape index (κ3) is 1.54. The Morgan fingerprint density at radius 3 is 2.40 bits per heavy atom. The molecular weight excluding hydrogens is 186 g/mol. The van der Waals surface area contributed by atoms with E-state index in [4.69, 9.17) is 4.42 Å². The van der Waals surface area contributed by atoms with E-state index in [1.165, 1.54) is 11.1 Å². The molecule has 0 radical (unpaired) electrons. The molecule has 80 valence electrons. The number of hydrogen-bond donors (Lipinski definition) is 0. The molecule has 0 saturated heterocycles. The maximum absolute atomic E-state index is 5.74. The van der Waals surface area contributed by atoms with Crippen LogP contribution < -0.4 is 0 Å². The van der Waals surface area contributed by atoms with E-state index in [2.05, 4.69) is 38.7 Å². The topological polar surface area (TPSA) is 26.0 Å². The van der Waals surface area contributed by atoms with Crippen LogP contribution in [0.4, 0.5) is 0 Å². The van der Waals surface area contributed by atoms with E-state index < -0.39 is 0 Å². The van der Waals surface area contributed by atoms with Crippen LogP contribution in [0.5, 0.6) is 0 Å². The van der Waals surface area contributed by atoms with Gasteiger partial charge in [0.15, 0.2) is 0 Å². The van der Waals surface area contributed by atoms with Gasteiger partial charge in [0.1, 0.15) is 5.76 Å². The van der Waals surface area contributed by atoms with Crippen molar-refractivity contribution in [3.63, 3.8) is 0 Å². The van der Waals surface area contributed by atoms with Gasteiger partial charge in [-0.05, 0) is 38.0 Å². The van der Waals surface area contributed by atoms with Crippen LogP contribution >= 0.6 is 0 Å². The highest BCUT2D eigenvalue weighted by atomic mass is 16.3. The average molecular weight is 203 g/mol. The molecule has 0 amide bonds. The summed E-state index contributed by atoms with van der Waals surface area (Å²) in [6.45, 7) is 10.5. The van der Waals surface area contributed by atoms with Crippen molar-refractivity contribution in [1.29, 1.82) is 0 Å². The molecule has 2 heteroatoms. The Bertz CT molecular complexity index is 509. The van der Waals surface area contributed by atoms with Crippen LogP contribution in [0, 0.1) is 20.8 Å². The van der Waals surface area contributed by atoms with Gasteiger partial charge in [0.25, 0.3) is 0 Å². The summed E-state index contributed by atoms with van der Waals surface area (Å²) < 4.78 is 5.74. The maximum Gasteiger partial charge on any atom is 0.226 e. The second-order valence-corrected chi connectivity index (χ2v) is 4.47. The number of pyridine rings is 1. The Kier molecular flexibility index (Phi) is 2.29. The van der Waals surface area contributed by atoms with Crippen LogP contribution in [0.2, 0.25) is 0 Å². The standard InChI is InChI=1S/C13H17NO/c1-7(2)12-6-11-9(4)8(3)10(5)14-13(11)15-12/h6-7H,1-5H3. The fraction of sp³-hybridized carbons (Fsp3) is 0.462. The van der Waals surface area contributed by atoms with E-state index in [0.717, 1.165) is 22.6 Å². The average Bonchev–Trinajstić information content (AvgIpc) is 2.58. The van der Waals surface area contributed by atoms with Crippen molar-refractivity contribution < 1.29 is 4.42 Å². The fourth-order valence-electron chi connectivity index (χ4n) is 1.75. The lowest BCUT2D eigenvalue weighted by Crippen LogP contribution is -1.90. The zero-order chi connectivity index (χ0) is 11.2. The molecule has 0 aliphatic heterocycles. The number of nitrogens with zero attached hydrogens (tertiary/aromatic N) is 1. The second-order valence-electron chi connectivity index (χ2n) is 4.47. The van der Waals surface area contributed by atoms with Crippen molar-refractivity contribution in [1.82, 2.24) is 4.98 Å². The van der Waals surface area contributed by atoms with Gasteiger partial charge in [-0.25, -0.2) is 4.98 Å². The number of furan rings is 1. The zero-order valence-corrected chi connectivity index (χ0v) is 10.0. The molecule has 2 rings (SSSR count). The van der Waals surface area contributed by atoms with E-state index in [1.807, 2.05) is 6.92 Å². The van der Waals surface area contributed by atoms with Crippen molar-refractivity contribution in [2.75, 3.05) is 0 Å². The summed E-state index contributed by atoms with van der Waals surface area (Å²) >= 11 is 0. The first-order valence-electron chi connectivity index (χ1n) is 5.38.